The summed E-state index contributed by atoms with van der Waals surface area (Å²) >= 11 is 0. The first-order valence-corrected chi connectivity index (χ1v) is 12.0. The number of likely N-dealkylation sites (tertiary alicyclic amines) is 1. The number of rotatable bonds is 6. The molecule has 1 fully saturated rings. The summed E-state index contributed by atoms with van der Waals surface area (Å²) < 4.78 is 39.5. The van der Waals surface area contributed by atoms with E-state index in [0.717, 1.165) is 30.7 Å². The van der Waals surface area contributed by atoms with Crippen LogP contribution in [0, 0.1) is 17.0 Å². The molecule has 3 aromatic rings. The minimum Gasteiger partial charge on any atom is -0.342 e. The lowest BCUT2D eigenvalue weighted by molar-refractivity contribution is -0.385. The fourth-order valence-corrected chi connectivity index (χ4v) is 4.57. The third kappa shape index (κ3) is 6.16. The smallest absolute Gasteiger partial charge is 0.342 e. The molecule has 0 unspecified atom stereocenters. The maximum absolute atomic E-state index is 13.2. The molecule has 2 aromatic carbocycles. The summed E-state index contributed by atoms with van der Waals surface area (Å²) in [6.45, 7) is 2.73. The van der Waals surface area contributed by atoms with E-state index in [0.29, 0.717) is 36.1 Å². The summed E-state index contributed by atoms with van der Waals surface area (Å²) in [7, 11) is 0. The van der Waals surface area contributed by atoms with Crippen molar-refractivity contribution in [3.63, 3.8) is 0 Å². The minimum atomic E-state index is -4.70. The number of carbonyl (C=O) groups excluding carboxylic acids is 2. The van der Waals surface area contributed by atoms with Crippen molar-refractivity contribution < 1.29 is 27.7 Å². The van der Waals surface area contributed by atoms with Crippen LogP contribution in [-0.2, 0) is 17.4 Å². The van der Waals surface area contributed by atoms with Crippen molar-refractivity contribution >= 4 is 23.2 Å². The first kappa shape index (κ1) is 26.8. The van der Waals surface area contributed by atoms with Crippen molar-refractivity contribution in [3.8, 4) is 0 Å². The molecule has 1 aliphatic rings. The molecule has 2 heterocycles. The van der Waals surface area contributed by atoms with E-state index in [1.165, 1.54) is 6.07 Å². The van der Waals surface area contributed by atoms with Crippen LogP contribution < -0.4 is 5.32 Å². The number of carbonyl (C=O) groups is 2. The van der Waals surface area contributed by atoms with Crippen molar-refractivity contribution in [1.82, 2.24) is 9.88 Å². The first-order valence-electron chi connectivity index (χ1n) is 12.0. The van der Waals surface area contributed by atoms with E-state index in [1.54, 1.807) is 36.1 Å². The van der Waals surface area contributed by atoms with Gasteiger partial charge in [-0.05, 0) is 55.0 Å². The van der Waals surface area contributed by atoms with Crippen LogP contribution in [0.25, 0.3) is 0 Å². The molecule has 38 heavy (non-hydrogen) atoms. The Bertz CT molecular complexity index is 1350. The second-order valence-corrected chi connectivity index (χ2v) is 9.20. The number of nitro benzene ring substituents is 1. The Balaban J connectivity index is 1.33. The number of hydrogen-bond acceptors (Lipinski definition) is 5. The Hall–Kier alpha value is -4.28. The van der Waals surface area contributed by atoms with E-state index in [-0.39, 0.29) is 23.9 Å². The molecule has 0 aliphatic carbocycles. The second kappa shape index (κ2) is 11.0. The van der Waals surface area contributed by atoms with Gasteiger partial charge in [-0.3, -0.25) is 24.7 Å². The maximum atomic E-state index is 13.2. The fourth-order valence-electron chi connectivity index (χ4n) is 4.57. The third-order valence-electron chi connectivity index (χ3n) is 6.68. The van der Waals surface area contributed by atoms with Gasteiger partial charge >= 0.3 is 6.18 Å². The Labute approximate surface area is 216 Å². The van der Waals surface area contributed by atoms with E-state index < -0.39 is 28.1 Å². The van der Waals surface area contributed by atoms with Crippen LogP contribution in [0.1, 0.15) is 51.4 Å². The van der Waals surface area contributed by atoms with Crippen molar-refractivity contribution in [2.45, 2.75) is 38.3 Å². The highest BCUT2D eigenvalue weighted by atomic mass is 19.4. The predicted octanol–water partition coefficient (Wildman–Crippen LogP) is 5.52. The van der Waals surface area contributed by atoms with Crippen LogP contribution in [0.5, 0.6) is 0 Å². The van der Waals surface area contributed by atoms with Crippen LogP contribution >= 0.6 is 0 Å². The second-order valence-electron chi connectivity index (χ2n) is 9.20. The number of piperidine rings is 1. The van der Waals surface area contributed by atoms with Gasteiger partial charge in [-0.25, -0.2) is 0 Å². The van der Waals surface area contributed by atoms with Crippen LogP contribution in [-0.4, -0.2) is 39.7 Å². The lowest BCUT2D eigenvalue weighted by atomic mass is 9.89. The van der Waals surface area contributed by atoms with Crippen LogP contribution in [0.4, 0.5) is 24.5 Å². The molecule has 2 amide bonds. The van der Waals surface area contributed by atoms with E-state index >= 15 is 0 Å². The highest BCUT2D eigenvalue weighted by Crippen LogP contribution is 2.32. The number of aryl methyl sites for hydroxylation is 1. The van der Waals surface area contributed by atoms with E-state index in [2.05, 4.69) is 10.3 Å². The molecule has 1 N–H and O–H groups in total. The summed E-state index contributed by atoms with van der Waals surface area (Å²) in [5.41, 5.74) is 0.898. The quantitative estimate of drug-likeness (QED) is 0.336. The number of halogens is 3. The normalized spacial score (nSPS) is 14.3. The average molecular weight is 527 g/mol. The zero-order valence-electron chi connectivity index (χ0n) is 20.5. The fraction of sp³-hybridized carbons (Fsp3) is 0.296. The Morgan fingerprint density at radius 2 is 1.79 bits per heavy atom. The Kier molecular flexibility index (Phi) is 7.75. The molecule has 4 rings (SSSR count). The molecule has 0 spiro atoms. The average Bonchev–Trinajstić information content (AvgIpc) is 2.89. The van der Waals surface area contributed by atoms with Crippen LogP contribution in [0.2, 0.25) is 0 Å². The van der Waals surface area contributed by atoms with Crippen molar-refractivity contribution in [3.05, 3.63) is 98.9 Å². The standard InChI is InChI=1S/C27H25F3N4O4/c1-17-2-3-18(14-24(17)34(37)38)15-25(35)33-12-9-20(10-13-33)19-4-6-21(7-5-19)32-26(36)22-8-11-31-16-23(22)27(28,29)30/h2-8,11,14,16,20H,9-10,12-13,15H2,1H3,(H,32,36). The Morgan fingerprint density at radius 1 is 1.11 bits per heavy atom. The summed E-state index contributed by atoms with van der Waals surface area (Å²) in [5, 5.41) is 13.7. The van der Waals surface area contributed by atoms with Gasteiger partial charge < -0.3 is 10.2 Å². The minimum absolute atomic E-state index is 0.00443. The third-order valence-corrected chi connectivity index (χ3v) is 6.68. The van der Waals surface area contributed by atoms with Crippen molar-refractivity contribution in [1.29, 1.82) is 0 Å². The number of nitrogens with zero attached hydrogens (tertiary/aromatic N) is 3. The lowest BCUT2D eigenvalue weighted by Gasteiger charge is -2.32. The maximum Gasteiger partial charge on any atom is 0.418 e. The molecular weight excluding hydrogens is 501 g/mol. The predicted molar refractivity (Wildman–Crippen MR) is 134 cm³/mol. The molecule has 0 saturated carbocycles. The number of aromatic nitrogens is 1. The molecule has 0 radical (unpaired) electrons. The van der Waals surface area contributed by atoms with Crippen LogP contribution in [0.15, 0.2) is 60.9 Å². The first-order chi connectivity index (χ1) is 18.0. The molecule has 11 heteroatoms. The highest BCUT2D eigenvalue weighted by Gasteiger charge is 2.35. The number of amides is 2. The van der Waals surface area contributed by atoms with E-state index in [9.17, 15) is 32.9 Å². The number of nitro groups is 1. The molecular formula is C27H25F3N4O4. The van der Waals surface area contributed by atoms with E-state index in [1.807, 2.05) is 12.1 Å². The lowest BCUT2D eigenvalue weighted by Crippen LogP contribution is -2.38. The molecule has 1 saturated heterocycles. The van der Waals surface area contributed by atoms with Gasteiger partial charge in [0.15, 0.2) is 0 Å². The highest BCUT2D eigenvalue weighted by molar-refractivity contribution is 6.05. The molecule has 0 atom stereocenters. The summed E-state index contributed by atoms with van der Waals surface area (Å²) in [6.07, 6.45) is -1.41. The Morgan fingerprint density at radius 3 is 2.42 bits per heavy atom. The molecule has 198 valence electrons. The van der Waals surface area contributed by atoms with Crippen molar-refractivity contribution in [2.24, 2.45) is 0 Å². The molecule has 1 aromatic heterocycles. The van der Waals surface area contributed by atoms with Gasteiger partial charge in [0.1, 0.15) is 0 Å². The SMILES string of the molecule is Cc1ccc(CC(=O)N2CCC(c3ccc(NC(=O)c4ccncc4C(F)(F)F)cc3)CC2)cc1[N+](=O)[O-]. The molecule has 8 nitrogen and oxygen atoms in total. The monoisotopic (exact) mass is 526 g/mol. The summed E-state index contributed by atoms with van der Waals surface area (Å²) in [6, 6.07) is 12.8. The van der Waals surface area contributed by atoms with Gasteiger partial charge in [0.05, 0.1) is 22.5 Å². The van der Waals surface area contributed by atoms with E-state index in [4.69, 9.17) is 0 Å². The van der Waals surface area contributed by atoms with Gasteiger partial charge in [0.25, 0.3) is 11.6 Å². The molecule has 1 aliphatic heterocycles. The zero-order valence-corrected chi connectivity index (χ0v) is 20.5. The number of alkyl halides is 3. The molecule has 0 bridgehead atoms. The summed E-state index contributed by atoms with van der Waals surface area (Å²) in [5.74, 6) is -0.784. The number of anilines is 1. The number of benzene rings is 2. The number of nitrogens with one attached hydrogen (secondary N) is 1. The van der Waals surface area contributed by atoms with Gasteiger partial charge in [-0.1, -0.05) is 24.3 Å². The van der Waals surface area contributed by atoms with Crippen LogP contribution in [0.3, 0.4) is 0 Å². The number of pyridine rings is 1. The van der Waals surface area contributed by atoms with Gasteiger partial charge in [0.2, 0.25) is 5.91 Å². The largest absolute Gasteiger partial charge is 0.418 e. The van der Waals surface area contributed by atoms with Gasteiger partial charge in [-0.15, -0.1) is 0 Å². The topological polar surface area (TPSA) is 105 Å². The van der Waals surface area contributed by atoms with Crippen molar-refractivity contribution in [2.75, 3.05) is 18.4 Å². The summed E-state index contributed by atoms with van der Waals surface area (Å²) in [4.78, 5) is 41.2. The van der Waals surface area contributed by atoms with Gasteiger partial charge in [0, 0.05) is 42.8 Å². The van der Waals surface area contributed by atoms with Gasteiger partial charge in [-0.2, -0.15) is 13.2 Å². The number of hydrogen-bond donors (Lipinski definition) is 1. The zero-order chi connectivity index (χ0) is 27.4.